The van der Waals surface area contributed by atoms with Gasteiger partial charge < -0.3 is 9.84 Å². The van der Waals surface area contributed by atoms with E-state index in [1.165, 1.54) is 0 Å². The summed E-state index contributed by atoms with van der Waals surface area (Å²) >= 11 is 5.92. The number of rotatable bonds is 3. The van der Waals surface area contributed by atoms with E-state index in [0.717, 1.165) is 17.5 Å². The Hall–Kier alpha value is -1.06. The Kier molecular flexibility index (Phi) is 3.40. The fraction of sp³-hybridized carbons (Fsp3) is 0.462. The van der Waals surface area contributed by atoms with Crippen LogP contribution in [0.5, 0.6) is 0 Å². The minimum Gasteiger partial charge on any atom is -0.466 e. The first kappa shape index (κ1) is 12.4. The monoisotopic (exact) mass is 254 g/mol. The molecule has 0 spiro atoms. The third kappa shape index (κ3) is 2.45. The SMILES string of the molecule is CCOC(=O)CC1(O)CCc2ccc(Cl)cc21. The summed E-state index contributed by atoms with van der Waals surface area (Å²) in [5.41, 5.74) is 0.700. The van der Waals surface area contributed by atoms with Crippen LogP contribution in [-0.2, 0) is 21.6 Å². The molecule has 17 heavy (non-hydrogen) atoms. The van der Waals surface area contributed by atoms with E-state index < -0.39 is 5.60 Å². The molecule has 4 heteroatoms. The summed E-state index contributed by atoms with van der Waals surface area (Å²) in [6, 6.07) is 5.44. The minimum absolute atomic E-state index is 0.00577. The molecule has 1 aliphatic carbocycles. The summed E-state index contributed by atoms with van der Waals surface area (Å²) in [6.45, 7) is 2.08. The average Bonchev–Trinajstić information content (AvgIpc) is 2.57. The van der Waals surface area contributed by atoms with Crippen LogP contribution in [0.1, 0.15) is 30.9 Å². The maximum Gasteiger partial charge on any atom is 0.309 e. The zero-order chi connectivity index (χ0) is 12.5. The maximum atomic E-state index is 11.5. The summed E-state index contributed by atoms with van der Waals surface area (Å²) in [6.07, 6.45) is 1.30. The predicted molar refractivity (Wildman–Crippen MR) is 64.9 cm³/mol. The first-order chi connectivity index (χ1) is 8.05. The van der Waals surface area contributed by atoms with Crippen molar-refractivity contribution in [3.63, 3.8) is 0 Å². The quantitative estimate of drug-likeness (QED) is 0.843. The van der Waals surface area contributed by atoms with Crippen LogP contribution in [0.2, 0.25) is 5.02 Å². The normalized spacial score (nSPS) is 22.3. The van der Waals surface area contributed by atoms with Gasteiger partial charge in [0.25, 0.3) is 0 Å². The molecule has 3 nitrogen and oxygen atoms in total. The lowest BCUT2D eigenvalue weighted by Crippen LogP contribution is -2.27. The smallest absolute Gasteiger partial charge is 0.309 e. The Bertz CT molecular complexity index is 444. The number of aliphatic hydroxyl groups is 1. The minimum atomic E-state index is -1.12. The highest BCUT2D eigenvalue weighted by Crippen LogP contribution is 2.40. The third-order valence-corrected chi connectivity index (χ3v) is 3.36. The molecule has 1 unspecified atom stereocenters. The number of hydrogen-bond acceptors (Lipinski definition) is 3. The second-order valence-electron chi connectivity index (χ2n) is 4.31. The Morgan fingerprint density at radius 1 is 1.59 bits per heavy atom. The van der Waals surface area contributed by atoms with Crippen molar-refractivity contribution in [3.8, 4) is 0 Å². The van der Waals surface area contributed by atoms with E-state index in [-0.39, 0.29) is 12.4 Å². The van der Waals surface area contributed by atoms with Crippen molar-refractivity contribution in [2.24, 2.45) is 0 Å². The number of esters is 1. The predicted octanol–water partition coefficient (Wildman–Crippen LogP) is 2.43. The largest absolute Gasteiger partial charge is 0.466 e. The molecule has 0 fully saturated rings. The molecular formula is C13H15ClO3. The number of aryl methyl sites for hydroxylation is 1. The number of fused-ring (bicyclic) bond motifs is 1. The van der Waals surface area contributed by atoms with Crippen molar-refractivity contribution < 1.29 is 14.6 Å². The number of carbonyl (C=O) groups is 1. The van der Waals surface area contributed by atoms with Gasteiger partial charge in [0.1, 0.15) is 5.60 Å². The van der Waals surface area contributed by atoms with Crippen molar-refractivity contribution in [1.29, 1.82) is 0 Å². The van der Waals surface area contributed by atoms with Gasteiger partial charge >= 0.3 is 5.97 Å². The van der Waals surface area contributed by atoms with E-state index in [1.807, 2.05) is 6.07 Å². The molecule has 0 aliphatic heterocycles. The Morgan fingerprint density at radius 3 is 3.06 bits per heavy atom. The highest BCUT2D eigenvalue weighted by Gasteiger charge is 2.39. The molecule has 0 amide bonds. The van der Waals surface area contributed by atoms with E-state index in [2.05, 4.69) is 0 Å². The molecule has 1 aromatic rings. The van der Waals surface area contributed by atoms with E-state index in [0.29, 0.717) is 18.1 Å². The van der Waals surface area contributed by atoms with Gasteiger partial charge in [-0.05, 0) is 43.0 Å². The van der Waals surface area contributed by atoms with Gasteiger partial charge in [-0.25, -0.2) is 0 Å². The van der Waals surface area contributed by atoms with E-state index in [9.17, 15) is 9.90 Å². The fourth-order valence-corrected chi connectivity index (χ4v) is 2.48. The number of ether oxygens (including phenoxy) is 1. The second-order valence-corrected chi connectivity index (χ2v) is 4.75. The first-order valence-electron chi connectivity index (χ1n) is 5.72. The van der Waals surface area contributed by atoms with Crippen molar-refractivity contribution in [1.82, 2.24) is 0 Å². The zero-order valence-corrected chi connectivity index (χ0v) is 10.5. The molecule has 0 saturated heterocycles. The Labute approximate surface area is 105 Å². The van der Waals surface area contributed by atoms with Gasteiger partial charge in [0.15, 0.2) is 0 Å². The lowest BCUT2D eigenvalue weighted by atomic mass is 9.92. The van der Waals surface area contributed by atoms with Gasteiger partial charge in [-0.15, -0.1) is 0 Å². The maximum absolute atomic E-state index is 11.5. The average molecular weight is 255 g/mol. The highest BCUT2D eigenvalue weighted by molar-refractivity contribution is 6.30. The van der Waals surface area contributed by atoms with E-state index in [1.54, 1.807) is 19.1 Å². The molecule has 0 aromatic heterocycles. The number of halogens is 1. The second kappa shape index (κ2) is 4.67. The lowest BCUT2D eigenvalue weighted by molar-refractivity contribution is -0.149. The molecule has 2 rings (SSSR count). The highest BCUT2D eigenvalue weighted by atomic mass is 35.5. The molecule has 0 saturated carbocycles. The first-order valence-corrected chi connectivity index (χ1v) is 6.10. The molecule has 92 valence electrons. The van der Waals surface area contributed by atoms with Gasteiger partial charge in [-0.1, -0.05) is 17.7 Å². The van der Waals surface area contributed by atoms with Gasteiger partial charge in [0, 0.05) is 5.02 Å². The summed E-state index contributed by atoms with van der Waals surface area (Å²) < 4.78 is 4.88. The summed E-state index contributed by atoms with van der Waals surface area (Å²) in [5.74, 6) is -0.372. The van der Waals surface area contributed by atoms with Crippen molar-refractivity contribution in [2.75, 3.05) is 6.61 Å². The number of hydrogen-bond donors (Lipinski definition) is 1. The van der Waals surface area contributed by atoms with Crippen molar-refractivity contribution >= 4 is 17.6 Å². The Balaban J connectivity index is 2.24. The molecule has 0 heterocycles. The van der Waals surface area contributed by atoms with Crippen LogP contribution in [-0.4, -0.2) is 17.7 Å². The third-order valence-electron chi connectivity index (χ3n) is 3.12. The van der Waals surface area contributed by atoms with Crippen molar-refractivity contribution in [3.05, 3.63) is 34.3 Å². The fourth-order valence-electron chi connectivity index (χ4n) is 2.31. The summed E-state index contributed by atoms with van der Waals surface area (Å²) in [7, 11) is 0. The van der Waals surface area contributed by atoms with Gasteiger partial charge in [-0.3, -0.25) is 4.79 Å². The van der Waals surface area contributed by atoms with Crippen LogP contribution in [0.3, 0.4) is 0 Å². The van der Waals surface area contributed by atoms with Crippen LogP contribution in [0.4, 0.5) is 0 Å². The van der Waals surface area contributed by atoms with Gasteiger partial charge in [0.05, 0.1) is 13.0 Å². The van der Waals surface area contributed by atoms with Crippen LogP contribution >= 0.6 is 11.6 Å². The molecular weight excluding hydrogens is 240 g/mol. The molecule has 1 aromatic carbocycles. The molecule has 0 radical (unpaired) electrons. The van der Waals surface area contributed by atoms with Crippen molar-refractivity contribution in [2.45, 2.75) is 31.8 Å². The van der Waals surface area contributed by atoms with Gasteiger partial charge in [0.2, 0.25) is 0 Å². The lowest BCUT2D eigenvalue weighted by Gasteiger charge is -2.22. The standard InChI is InChI=1S/C13H15ClO3/c1-2-17-12(15)8-13(16)6-5-9-3-4-10(14)7-11(9)13/h3-4,7,16H,2,5-6,8H2,1H3. The number of benzene rings is 1. The van der Waals surface area contributed by atoms with Crippen LogP contribution < -0.4 is 0 Å². The molecule has 0 bridgehead atoms. The summed E-state index contributed by atoms with van der Waals surface area (Å²) in [4.78, 5) is 11.5. The molecule has 1 N–H and O–H groups in total. The van der Waals surface area contributed by atoms with Gasteiger partial charge in [-0.2, -0.15) is 0 Å². The van der Waals surface area contributed by atoms with E-state index >= 15 is 0 Å². The summed E-state index contributed by atoms with van der Waals surface area (Å²) in [5, 5.41) is 11.1. The zero-order valence-electron chi connectivity index (χ0n) is 9.70. The number of carbonyl (C=O) groups excluding carboxylic acids is 1. The topological polar surface area (TPSA) is 46.5 Å². The van der Waals surface area contributed by atoms with Crippen LogP contribution in [0.15, 0.2) is 18.2 Å². The Morgan fingerprint density at radius 2 is 2.35 bits per heavy atom. The van der Waals surface area contributed by atoms with Crippen LogP contribution in [0, 0.1) is 0 Å². The molecule has 1 atom stereocenters. The molecule has 1 aliphatic rings. The van der Waals surface area contributed by atoms with Crippen LogP contribution in [0.25, 0.3) is 0 Å². The van der Waals surface area contributed by atoms with E-state index in [4.69, 9.17) is 16.3 Å².